The van der Waals surface area contributed by atoms with Crippen LogP contribution in [0.4, 0.5) is 11.5 Å². The highest BCUT2D eigenvalue weighted by molar-refractivity contribution is 5.95. The number of carbonyl (C=O) groups is 1. The third-order valence-electron chi connectivity index (χ3n) is 7.75. The van der Waals surface area contributed by atoms with Crippen LogP contribution in [0.25, 0.3) is 0 Å². The maximum Gasteiger partial charge on any atom is 0.229 e. The number of hydrogen-bond acceptors (Lipinski definition) is 5. The minimum atomic E-state index is 0.206. The van der Waals surface area contributed by atoms with Crippen LogP contribution in [0, 0.1) is 43.4 Å². The van der Waals surface area contributed by atoms with Crippen LogP contribution in [-0.4, -0.2) is 22.6 Å². The summed E-state index contributed by atoms with van der Waals surface area (Å²) in [6, 6.07) is 4.17. The zero-order valence-corrected chi connectivity index (χ0v) is 17.1. The molecule has 1 N–H and O–H groups in total. The highest BCUT2D eigenvalue weighted by atomic mass is 16.5. The predicted octanol–water partition coefficient (Wildman–Crippen LogP) is 3.87. The van der Waals surface area contributed by atoms with Crippen LogP contribution in [0.5, 0.6) is 0 Å². The fraction of sp³-hybridized carbons (Fsp3) is 0.609. The maximum atomic E-state index is 13.0. The van der Waals surface area contributed by atoms with Crippen molar-refractivity contribution in [2.24, 2.45) is 29.6 Å². The van der Waals surface area contributed by atoms with Crippen molar-refractivity contribution in [3.8, 4) is 0 Å². The topological polar surface area (TPSA) is 71.3 Å². The quantitative estimate of drug-likeness (QED) is 0.855. The number of aromatic nitrogens is 2. The summed E-state index contributed by atoms with van der Waals surface area (Å²) in [4.78, 5) is 20.2. The van der Waals surface area contributed by atoms with Crippen molar-refractivity contribution in [3.63, 3.8) is 0 Å². The highest BCUT2D eigenvalue weighted by Crippen LogP contribution is 2.69. The van der Waals surface area contributed by atoms with Gasteiger partial charge in [0.15, 0.2) is 5.76 Å². The molecule has 2 aromatic rings. The number of carbonyl (C=O) groups excluding carboxylic acids is 1. The lowest BCUT2D eigenvalue weighted by atomic mass is 10.0. The Hall–Kier alpha value is -2.37. The van der Waals surface area contributed by atoms with Crippen LogP contribution >= 0.6 is 0 Å². The second-order valence-corrected chi connectivity index (χ2v) is 9.58. The molecule has 152 valence electrons. The molecule has 0 radical (unpaired) electrons. The summed E-state index contributed by atoms with van der Waals surface area (Å²) in [7, 11) is 0. The van der Waals surface area contributed by atoms with E-state index < -0.39 is 0 Å². The van der Waals surface area contributed by atoms with Crippen LogP contribution in [0.2, 0.25) is 0 Å². The molecule has 3 saturated carbocycles. The van der Waals surface area contributed by atoms with E-state index in [4.69, 9.17) is 9.51 Å². The van der Waals surface area contributed by atoms with Crippen molar-refractivity contribution in [3.05, 3.63) is 34.8 Å². The molecule has 4 aliphatic rings. The standard InChI is InChI=1S/C23H28N4O2/c1-12-8-18-17(4-3-7-27(18)11-16-9-13(2)26-29-16)24-22(12)25-23(28)21-19-14-5-6-15(10-14)20(19)21/h8-9,14-15,19-21H,3-7,10-11H2,1-2H3,(H,24,25,28). The van der Waals surface area contributed by atoms with Crippen molar-refractivity contribution in [1.29, 1.82) is 0 Å². The van der Waals surface area contributed by atoms with E-state index in [0.29, 0.717) is 18.4 Å². The molecule has 6 rings (SSSR count). The first kappa shape index (κ1) is 17.5. The Morgan fingerprint density at radius 2 is 2.03 bits per heavy atom. The Kier molecular flexibility index (Phi) is 3.81. The van der Waals surface area contributed by atoms with Gasteiger partial charge < -0.3 is 14.7 Å². The van der Waals surface area contributed by atoms with Crippen LogP contribution in [0.1, 0.15) is 48.4 Å². The van der Waals surface area contributed by atoms with E-state index in [1.165, 1.54) is 19.3 Å². The summed E-state index contributed by atoms with van der Waals surface area (Å²) in [5, 5.41) is 7.19. The van der Waals surface area contributed by atoms with Gasteiger partial charge in [0.2, 0.25) is 5.91 Å². The Morgan fingerprint density at radius 3 is 2.76 bits per heavy atom. The molecule has 4 atom stereocenters. The van der Waals surface area contributed by atoms with Gasteiger partial charge in [0.05, 0.1) is 23.6 Å². The number of anilines is 2. The molecule has 6 heteroatoms. The summed E-state index contributed by atoms with van der Waals surface area (Å²) < 4.78 is 5.41. The lowest BCUT2D eigenvalue weighted by Crippen LogP contribution is -2.30. The first-order chi connectivity index (χ1) is 14.1. The van der Waals surface area contributed by atoms with Crippen LogP contribution < -0.4 is 10.2 Å². The molecule has 1 amide bonds. The Morgan fingerprint density at radius 1 is 1.24 bits per heavy atom. The van der Waals surface area contributed by atoms with Crippen molar-refractivity contribution >= 4 is 17.4 Å². The zero-order valence-electron chi connectivity index (χ0n) is 17.1. The first-order valence-electron chi connectivity index (χ1n) is 11.1. The molecule has 6 nitrogen and oxygen atoms in total. The van der Waals surface area contributed by atoms with Gasteiger partial charge in [-0.25, -0.2) is 4.98 Å². The van der Waals surface area contributed by atoms with Crippen molar-refractivity contribution < 1.29 is 9.32 Å². The number of hydrogen-bond donors (Lipinski definition) is 1. The van der Waals surface area contributed by atoms with Gasteiger partial charge in [0.25, 0.3) is 0 Å². The Bertz CT molecular complexity index is 967. The summed E-state index contributed by atoms with van der Waals surface area (Å²) in [6.45, 7) is 5.67. The van der Waals surface area contributed by atoms with Gasteiger partial charge in [-0.15, -0.1) is 0 Å². The van der Waals surface area contributed by atoms with E-state index in [2.05, 4.69) is 21.4 Å². The smallest absolute Gasteiger partial charge is 0.229 e. The SMILES string of the molecule is Cc1cc(CN2CCCc3nc(NC(=O)C4C5C6CCC(C6)C45)c(C)cc32)on1. The minimum absolute atomic E-state index is 0.206. The monoisotopic (exact) mass is 392 g/mol. The number of aryl methyl sites for hydroxylation is 3. The number of amides is 1. The van der Waals surface area contributed by atoms with Crippen molar-refractivity contribution in [2.75, 3.05) is 16.8 Å². The van der Waals surface area contributed by atoms with E-state index >= 15 is 0 Å². The molecule has 1 aliphatic heterocycles. The van der Waals surface area contributed by atoms with E-state index in [1.807, 2.05) is 19.9 Å². The largest absolute Gasteiger partial charge is 0.362 e. The molecular formula is C23H28N4O2. The molecule has 3 aliphatic carbocycles. The molecule has 0 spiro atoms. The first-order valence-corrected chi connectivity index (χ1v) is 11.1. The molecule has 0 aromatic carbocycles. The second-order valence-electron chi connectivity index (χ2n) is 9.58. The van der Waals surface area contributed by atoms with E-state index in [1.54, 1.807) is 0 Å². The average Bonchev–Trinajstić information content (AvgIpc) is 2.97. The van der Waals surface area contributed by atoms with Gasteiger partial charge in [0.1, 0.15) is 5.82 Å². The molecule has 3 fully saturated rings. The molecule has 4 unspecified atom stereocenters. The zero-order chi connectivity index (χ0) is 19.7. The normalized spacial score (nSPS) is 31.5. The molecule has 2 bridgehead atoms. The van der Waals surface area contributed by atoms with Gasteiger partial charge >= 0.3 is 0 Å². The Balaban J connectivity index is 1.20. The highest BCUT2D eigenvalue weighted by Gasteiger charge is 2.67. The molecule has 0 saturated heterocycles. The van der Waals surface area contributed by atoms with E-state index in [-0.39, 0.29) is 11.8 Å². The summed E-state index contributed by atoms with van der Waals surface area (Å²) in [5.74, 6) is 5.02. The fourth-order valence-corrected chi connectivity index (χ4v) is 6.50. The van der Waals surface area contributed by atoms with Gasteiger partial charge in [-0.05, 0) is 81.3 Å². The number of fused-ring (bicyclic) bond motifs is 6. The lowest BCUT2D eigenvalue weighted by Gasteiger charge is -2.30. The third kappa shape index (κ3) is 2.79. The van der Waals surface area contributed by atoms with Gasteiger partial charge in [-0.2, -0.15) is 0 Å². The molecule has 29 heavy (non-hydrogen) atoms. The van der Waals surface area contributed by atoms with Crippen LogP contribution in [-0.2, 0) is 17.8 Å². The van der Waals surface area contributed by atoms with E-state index in [0.717, 1.165) is 65.4 Å². The summed E-state index contributed by atoms with van der Waals surface area (Å²) >= 11 is 0. The number of nitrogens with zero attached hydrogens (tertiary/aromatic N) is 3. The fourth-order valence-electron chi connectivity index (χ4n) is 6.50. The number of nitrogens with one attached hydrogen (secondary N) is 1. The minimum Gasteiger partial charge on any atom is -0.362 e. The lowest BCUT2D eigenvalue weighted by molar-refractivity contribution is -0.118. The molecule has 2 aromatic heterocycles. The van der Waals surface area contributed by atoms with Crippen LogP contribution in [0.3, 0.4) is 0 Å². The van der Waals surface area contributed by atoms with Gasteiger partial charge in [-0.1, -0.05) is 5.16 Å². The molecular weight excluding hydrogens is 364 g/mol. The molecule has 3 heterocycles. The van der Waals surface area contributed by atoms with Gasteiger partial charge in [-0.3, -0.25) is 4.79 Å². The second kappa shape index (κ2) is 6.31. The number of rotatable bonds is 4. The summed E-state index contributed by atoms with van der Waals surface area (Å²) in [6.07, 6.45) is 6.05. The Labute approximate surface area is 171 Å². The van der Waals surface area contributed by atoms with E-state index in [9.17, 15) is 4.79 Å². The number of pyridine rings is 1. The maximum absolute atomic E-state index is 13.0. The predicted molar refractivity (Wildman–Crippen MR) is 110 cm³/mol. The third-order valence-corrected chi connectivity index (χ3v) is 7.75. The van der Waals surface area contributed by atoms with Crippen molar-refractivity contribution in [1.82, 2.24) is 10.1 Å². The van der Waals surface area contributed by atoms with Gasteiger partial charge in [0, 0.05) is 18.5 Å². The summed E-state index contributed by atoms with van der Waals surface area (Å²) in [5.41, 5.74) is 4.17. The average molecular weight is 393 g/mol. The van der Waals surface area contributed by atoms with Crippen LogP contribution in [0.15, 0.2) is 16.7 Å². The van der Waals surface area contributed by atoms with Crippen molar-refractivity contribution in [2.45, 2.75) is 52.5 Å².